The highest BCUT2D eigenvalue weighted by Gasteiger charge is 2.16. The van der Waals surface area contributed by atoms with E-state index in [4.69, 9.17) is 14.0 Å². The zero-order chi connectivity index (χ0) is 14.1. The van der Waals surface area contributed by atoms with Gasteiger partial charge in [-0.2, -0.15) is 4.98 Å². The highest BCUT2D eigenvalue weighted by molar-refractivity contribution is 5.62. The number of fused-ring (bicyclic) bond motifs is 1. The summed E-state index contributed by atoms with van der Waals surface area (Å²) < 4.78 is 16.4. The van der Waals surface area contributed by atoms with E-state index in [1.807, 2.05) is 30.3 Å². The van der Waals surface area contributed by atoms with Gasteiger partial charge >= 0.3 is 0 Å². The lowest BCUT2D eigenvalue weighted by Crippen LogP contribution is -2.15. The van der Waals surface area contributed by atoms with Crippen LogP contribution in [0.2, 0.25) is 0 Å². The molecule has 6 nitrogen and oxygen atoms in total. The monoisotopic (exact) mass is 281 g/mol. The van der Waals surface area contributed by atoms with Gasteiger partial charge in [0.25, 0.3) is 5.89 Å². The van der Waals surface area contributed by atoms with E-state index in [0.29, 0.717) is 30.7 Å². The molecule has 0 fully saturated rings. The maximum Gasteiger partial charge on any atom is 0.258 e. The van der Waals surface area contributed by atoms with Crippen LogP contribution in [0, 0.1) is 0 Å². The molecule has 0 N–H and O–H groups in total. The van der Waals surface area contributed by atoms with E-state index in [-0.39, 0.29) is 0 Å². The minimum atomic E-state index is 0.443. The lowest BCUT2D eigenvalue weighted by Gasteiger charge is -2.18. The molecule has 21 heavy (non-hydrogen) atoms. The Morgan fingerprint density at radius 2 is 1.67 bits per heavy atom. The lowest BCUT2D eigenvalue weighted by molar-refractivity contribution is 0.171. The van der Waals surface area contributed by atoms with Gasteiger partial charge in [0.15, 0.2) is 11.5 Å². The van der Waals surface area contributed by atoms with Crippen molar-refractivity contribution in [2.24, 2.45) is 0 Å². The van der Waals surface area contributed by atoms with Crippen LogP contribution in [-0.2, 0) is 0 Å². The highest BCUT2D eigenvalue weighted by Crippen LogP contribution is 2.34. The second-order valence-electron chi connectivity index (χ2n) is 4.52. The Balaban J connectivity index is 1.70. The van der Waals surface area contributed by atoms with Gasteiger partial charge in [0.2, 0.25) is 5.82 Å². The van der Waals surface area contributed by atoms with Gasteiger partial charge in [-0.1, -0.05) is 5.16 Å². The van der Waals surface area contributed by atoms with E-state index in [9.17, 15) is 0 Å². The average molecular weight is 281 g/mol. The Bertz CT molecular complexity index is 771. The number of pyridine rings is 1. The predicted octanol–water partition coefficient (Wildman–Crippen LogP) is 2.57. The third-order valence-corrected chi connectivity index (χ3v) is 3.15. The van der Waals surface area contributed by atoms with Crippen LogP contribution >= 0.6 is 0 Å². The summed E-state index contributed by atoms with van der Waals surface area (Å²) in [6, 6.07) is 9.23. The summed E-state index contributed by atoms with van der Waals surface area (Å²) in [6.07, 6.45) is 3.38. The van der Waals surface area contributed by atoms with Crippen molar-refractivity contribution in [1.29, 1.82) is 0 Å². The molecule has 1 aliphatic heterocycles. The van der Waals surface area contributed by atoms with Crippen LogP contribution < -0.4 is 9.47 Å². The van der Waals surface area contributed by atoms with Gasteiger partial charge in [-0.25, -0.2) is 0 Å². The van der Waals surface area contributed by atoms with Crippen LogP contribution in [0.1, 0.15) is 0 Å². The van der Waals surface area contributed by atoms with Crippen molar-refractivity contribution in [2.75, 3.05) is 13.2 Å². The lowest BCUT2D eigenvalue weighted by atomic mass is 10.2. The molecule has 6 heteroatoms. The van der Waals surface area contributed by atoms with Crippen molar-refractivity contribution in [3.05, 3.63) is 42.7 Å². The summed E-state index contributed by atoms with van der Waals surface area (Å²) in [5.74, 6) is 2.40. The Morgan fingerprint density at radius 3 is 2.52 bits per heavy atom. The van der Waals surface area contributed by atoms with Gasteiger partial charge in [-0.05, 0) is 30.3 Å². The van der Waals surface area contributed by atoms with E-state index >= 15 is 0 Å². The number of nitrogens with zero attached hydrogens (tertiary/aromatic N) is 3. The van der Waals surface area contributed by atoms with Crippen LogP contribution in [0.15, 0.2) is 47.2 Å². The van der Waals surface area contributed by atoms with Crippen molar-refractivity contribution in [3.8, 4) is 34.3 Å². The number of rotatable bonds is 2. The fourth-order valence-electron chi connectivity index (χ4n) is 2.14. The predicted molar refractivity (Wildman–Crippen MR) is 74.0 cm³/mol. The molecule has 104 valence electrons. The second kappa shape index (κ2) is 4.90. The van der Waals surface area contributed by atoms with E-state index in [0.717, 1.165) is 16.9 Å². The Labute approximate surface area is 120 Å². The first-order valence-corrected chi connectivity index (χ1v) is 6.54. The molecular weight excluding hydrogens is 270 g/mol. The fourth-order valence-corrected chi connectivity index (χ4v) is 2.14. The quantitative estimate of drug-likeness (QED) is 0.719. The van der Waals surface area contributed by atoms with Crippen molar-refractivity contribution < 1.29 is 14.0 Å². The second-order valence-corrected chi connectivity index (χ2v) is 4.52. The zero-order valence-electron chi connectivity index (χ0n) is 11.0. The highest BCUT2D eigenvalue weighted by atomic mass is 16.6. The van der Waals surface area contributed by atoms with Crippen LogP contribution in [0.3, 0.4) is 0 Å². The first-order valence-electron chi connectivity index (χ1n) is 6.54. The number of aromatic nitrogens is 3. The molecule has 3 aromatic rings. The van der Waals surface area contributed by atoms with Gasteiger partial charge in [0, 0.05) is 23.5 Å². The van der Waals surface area contributed by atoms with Gasteiger partial charge < -0.3 is 14.0 Å². The third-order valence-electron chi connectivity index (χ3n) is 3.15. The fraction of sp³-hybridized carbons (Fsp3) is 0.133. The minimum absolute atomic E-state index is 0.443. The zero-order valence-corrected chi connectivity index (χ0v) is 11.0. The van der Waals surface area contributed by atoms with Gasteiger partial charge in [0.05, 0.1) is 0 Å². The van der Waals surface area contributed by atoms with Crippen LogP contribution in [0.5, 0.6) is 11.5 Å². The van der Waals surface area contributed by atoms with E-state index in [2.05, 4.69) is 15.1 Å². The topological polar surface area (TPSA) is 70.3 Å². The summed E-state index contributed by atoms with van der Waals surface area (Å²) in [5, 5.41) is 3.99. The van der Waals surface area contributed by atoms with Crippen molar-refractivity contribution in [1.82, 2.24) is 15.1 Å². The molecule has 0 unspecified atom stereocenters. The molecule has 1 aromatic carbocycles. The molecule has 1 aliphatic rings. The first kappa shape index (κ1) is 11.9. The number of hydrogen-bond donors (Lipinski definition) is 0. The summed E-state index contributed by atoms with van der Waals surface area (Å²) in [7, 11) is 0. The Hall–Kier alpha value is -2.89. The molecule has 0 spiro atoms. The van der Waals surface area contributed by atoms with Crippen molar-refractivity contribution >= 4 is 0 Å². The van der Waals surface area contributed by atoms with Crippen molar-refractivity contribution in [3.63, 3.8) is 0 Å². The molecule has 4 rings (SSSR count). The summed E-state index contributed by atoms with van der Waals surface area (Å²) in [5.41, 5.74) is 1.66. The molecule has 0 aliphatic carbocycles. The first-order chi connectivity index (χ1) is 10.4. The van der Waals surface area contributed by atoms with Gasteiger partial charge in [-0.15, -0.1) is 0 Å². The molecule has 0 saturated carbocycles. The number of ether oxygens (including phenoxy) is 2. The minimum Gasteiger partial charge on any atom is -0.486 e. The molecule has 3 heterocycles. The molecular formula is C15H11N3O3. The SMILES string of the molecule is c1cc(-c2noc(-c3ccc4c(c3)OCCO4)n2)ccn1. The van der Waals surface area contributed by atoms with Crippen LogP contribution in [-0.4, -0.2) is 28.3 Å². The average Bonchev–Trinajstić information content (AvgIpc) is 3.05. The number of hydrogen-bond acceptors (Lipinski definition) is 6. The van der Waals surface area contributed by atoms with Crippen LogP contribution in [0.25, 0.3) is 22.8 Å². The van der Waals surface area contributed by atoms with E-state index < -0.39 is 0 Å². The normalized spacial score (nSPS) is 13.1. The van der Waals surface area contributed by atoms with Gasteiger partial charge in [0.1, 0.15) is 13.2 Å². The molecule has 0 amide bonds. The Morgan fingerprint density at radius 1 is 0.857 bits per heavy atom. The standard InChI is InChI=1S/C15H11N3O3/c1-2-12-13(20-8-7-19-12)9-11(1)15-17-14(18-21-15)10-3-5-16-6-4-10/h1-6,9H,7-8H2. The molecule has 0 radical (unpaired) electrons. The summed E-state index contributed by atoms with van der Waals surface area (Å²) >= 11 is 0. The molecule has 0 bridgehead atoms. The molecule has 0 atom stereocenters. The largest absolute Gasteiger partial charge is 0.486 e. The third kappa shape index (κ3) is 2.20. The van der Waals surface area contributed by atoms with Gasteiger partial charge in [-0.3, -0.25) is 4.98 Å². The van der Waals surface area contributed by atoms with Crippen LogP contribution in [0.4, 0.5) is 0 Å². The summed E-state index contributed by atoms with van der Waals surface area (Å²) in [4.78, 5) is 8.37. The smallest absolute Gasteiger partial charge is 0.258 e. The van der Waals surface area contributed by atoms with Crippen molar-refractivity contribution in [2.45, 2.75) is 0 Å². The maximum atomic E-state index is 5.55. The molecule has 0 saturated heterocycles. The van der Waals surface area contributed by atoms with E-state index in [1.54, 1.807) is 12.4 Å². The Kier molecular flexibility index (Phi) is 2.77. The number of benzene rings is 1. The summed E-state index contributed by atoms with van der Waals surface area (Å²) in [6.45, 7) is 1.11. The van der Waals surface area contributed by atoms with E-state index in [1.165, 1.54) is 0 Å². The molecule has 2 aromatic heterocycles. The maximum absolute atomic E-state index is 5.55.